The molecule has 0 aliphatic heterocycles. The van der Waals surface area contributed by atoms with Gasteiger partial charge in [0.15, 0.2) is 0 Å². The van der Waals surface area contributed by atoms with E-state index in [1.165, 1.54) is 0 Å². The number of hydrogen-bond donors (Lipinski definition) is 0. The molecule has 0 N–H and O–H groups in total. The fraction of sp³-hybridized carbons (Fsp3) is 0.714. The van der Waals surface area contributed by atoms with Crippen molar-refractivity contribution in [1.29, 1.82) is 0 Å². The average molecular weight is 291 g/mol. The first-order valence-electron chi connectivity index (χ1n) is 6.92. The summed E-state index contributed by atoms with van der Waals surface area (Å²) in [5.74, 6) is 0. The molecule has 0 spiro atoms. The molecule has 0 heterocycles. The Morgan fingerprint density at radius 3 is 1.39 bits per heavy atom. The van der Waals surface area contributed by atoms with Gasteiger partial charge < -0.3 is 0 Å². The Morgan fingerprint density at radius 2 is 1.17 bits per heavy atom. The summed E-state index contributed by atoms with van der Waals surface area (Å²) in [5, 5.41) is 0. The molecule has 1 aliphatic rings. The normalized spacial score (nSPS) is 12.4. The number of rotatable bonds is 9. The van der Waals surface area contributed by atoms with Crippen LogP contribution in [0.2, 0.25) is 0 Å². The molecule has 0 aromatic heterocycles. The van der Waals surface area contributed by atoms with Gasteiger partial charge >= 0.3 is 88.8 Å². The first-order valence-corrected chi connectivity index (χ1v) is 8.83. The Balaban J connectivity index is 0.000000473. The van der Waals surface area contributed by atoms with Gasteiger partial charge in [-0.1, -0.05) is 24.3 Å². The molecule has 105 valence electrons. The summed E-state index contributed by atoms with van der Waals surface area (Å²) in [4.78, 5) is 0. The van der Waals surface area contributed by atoms with Crippen LogP contribution in [-0.4, -0.2) is 19.8 Å². The molecule has 0 amide bonds. The molecular weight excluding hydrogens is 264 g/mol. The van der Waals surface area contributed by atoms with Crippen molar-refractivity contribution in [3.63, 3.8) is 0 Å². The summed E-state index contributed by atoms with van der Waals surface area (Å²) in [6.45, 7) is 8.58. The second kappa shape index (κ2) is 15.1. The van der Waals surface area contributed by atoms with Crippen LogP contribution in [0.3, 0.4) is 0 Å². The van der Waals surface area contributed by atoms with E-state index in [0.29, 0.717) is 0 Å². The molecule has 0 aromatic rings. The molecule has 3 nitrogen and oxygen atoms in total. The molecule has 0 saturated carbocycles. The third-order valence-electron chi connectivity index (χ3n) is 1.93. The van der Waals surface area contributed by atoms with Gasteiger partial charge in [0.05, 0.1) is 0 Å². The molecule has 0 radical (unpaired) electrons. The standard InChI is InChI=1S/C5H6.3C3H7O.Ti/c1-2-4-5-3-1;3*1-2-3-4;/h1-4H,5H2;3*2-3H2,1H3;/q;3*-1;+3. The van der Waals surface area contributed by atoms with Gasteiger partial charge in [0.1, 0.15) is 0 Å². The molecule has 0 atom stereocenters. The Bertz CT molecular complexity index is 188. The molecule has 1 aliphatic carbocycles. The van der Waals surface area contributed by atoms with Gasteiger partial charge in [-0.2, -0.15) is 0 Å². The molecule has 0 fully saturated rings. The Labute approximate surface area is 119 Å². The summed E-state index contributed by atoms with van der Waals surface area (Å²) in [7, 11) is 0. The predicted octanol–water partition coefficient (Wildman–Crippen LogP) is 4.13. The summed E-state index contributed by atoms with van der Waals surface area (Å²) >= 11 is -2.05. The monoisotopic (exact) mass is 291 g/mol. The van der Waals surface area contributed by atoms with Crippen molar-refractivity contribution in [1.82, 2.24) is 0 Å². The molecule has 4 heteroatoms. The summed E-state index contributed by atoms with van der Waals surface area (Å²) in [6, 6.07) is 0. The van der Waals surface area contributed by atoms with Crippen LogP contribution in [0, 0.1) is 0 Å². The fourth-order valence-corrected chi connectivity index (χ4v) is 3.20. The number of allylic oxidation sites excluding steroid dienone is 4. The maximum absolute atomic E-state index is 5.52. The fourth-order valence-electron chi connectivity index (χ4n) is 1.07. The van der Waals surface area contributed by atoms with Crippen LogP contribution in [0.15, 0.2) is 24.3 Å². The van der Waals surface area contributed by atoms with E-state index < -0.39 is 19.0 Å². The first-order chi connectivity index (χ1) is 8.85. The van der Waals surface area contributed by atoms with Gasteiger partial charge in [-0.15, -0.1) is 0 Å². The van der Waals surface area contributed by atoms with E-state index in [0.717, 1.165) is 45.5 Å². The van der Waals surface area contributed by atoms with E-state index in [1.54, 1.807) is 0 Å². The third-order valence-corrected chi connectivity index (χ3v) is 3.99. The Morgan fingerprint density at radius 1 is 0.778 bits per heavy atom. The summed E-state index contributed by atoms with van der Waals surface area (Å²) in [6.07, 6.45) is 12.6. The molecule has 1 rings (SSSR count). The van der Waals surface area contributed by atoms with Crippen molar-refractivity contribution in [2.45, 2.75) is 46.5 Å². The molecular formula is C14H27O3Ti. The second-order valence-electron chi connectivity index (χ2n) is 3.89. The van der Waals surface area contributed by atoms with E-state index in [4.69, 9.17) is 9.96 Å². The van der Waals surface area contributed by atoms with Gasteiger partial charge in [0.2, 0.25) is 0 Å². The van der Waals surface area contributed by atoms with Crippen molar-refractivity contribution < 1.29 is 29.0 Å². The number of hydrogen-bond acceptors (Lipinski definition) is 3. The summed E-state index contributed by atoms with van der Waals surface area (Å²) in [5.41, 5.74) is 0. The molecule has 18 heavy (non-hydrogen) atoms. The van der Waals surface area contributed by atoms with Gasteiger partial charge in [-0.05, 0) is 6.42 Å². The summed E-state index contributed by atoms with van der Waals surface area (Å²) < 4.78 is 16.6. The van der Waals surface area contributed by atoms with E-state index >= 15 is 0 Å². The van der Waals surface area contributed by atoms with E-state index in [1.807, 2.05) is 0 Å². The van der Waals surface area contributed by atoms with Crippen LogP contribution in [0.1, 0.15) is 46.5 Å². The van der Waals surface area contributed by atoms with Crippen molar-refractivity contribution in [3.8, 4) is 0 Å². The predicted molar refractivity (Wildman–Crippen MR) is 71.6 cm³/mol. The Kier molecular flexibility index (Phi) is 15.2. The molecule has 0 aromatic carbocycles. The van der Waals surface area contributed by atoms with Crippen LogP contribution in [0.5, 0.6) is 0 Å². The van der Waals surface area contributed by atoms with Crippen molar-refractivity contribution in [2.24, 2.45) is 0 Å². The van der Waals surface area contributed by atoms with Crippen LogP contribution >= 0.6 is 0 Å². The zero-order valence-electron chi connectivity index (χ0n) is 12.0. The zero-order chi connectivity index (χ0) is 13.5. The van der Waals surface area contributed by atoms with Gasteiger partial charge in [-0.25, -0.2) is 0 Å². The van der Waals surface area contributed by atoms with Gasteiger partial charge in [0, 0.05) is 0 Å². The minimum atomic E-state index is -2.05. The van der Waals surface area contributed by atoms with Crippen LogP contribution < -0.4 is 0 Å². The Hall–Kier alpha value is 0.0743. The quantitative estimate of drug-likeness (QED) is 0.598. The van der Waals surface area contributed by atoms with Crippen molar-refractivity contribution >= 4 is 0 Å². The SMILES string of the molecule is C1=CCC=C1.CCC[O][Ti]([O]CCC)[O]CCC. The van der Waals surface area contributed by atoms with Crippen molar-refractivity contribution in [3.05, 3.63) is 24.3 Å². The van der Waals surface area contributed by atoms with Crippen molar-refractivity contribution in [2.75, 3.05) is 19.8 Å². The van der Waals surface area contributed by atoms with Gasteiger partial charge in [-0.3, -0.25) is 0 Å². The average Bonchev–Trinajstić information content (AvgIpc) is 2.97. The van der Waals surface area contributed by atoms with E-state index in [-0.39, 0.29) is 0 Å². The molecule has 0 bridgehead atoms. The second-order valence-corrected chi connectivity index (χ2v) is 6.02. The van der Waals surface area contributed by atoms with Crippen LogP contribution in [0.4, 0.5) is 0 Å². The molecule has 0 saturated heterocycles. The molecule has 0 unspecified atom stereocenters. The zero-order valence-corrected chi connectivity index (χ0v) is 13.5. The van der Waals surface area contributed by atoms with Crippen LogP contribution in [0.25, 0.3) is 0 Å². The van der Waals surface area contributed by atoms with E-state index in [9.17, 15) is 0 Å². The first kappa shape index (κ1) is 18.1. The maximum atomic E-state index is 5.52. The van der Waals surface area contributed by atoms with Gasteiger partial charge in [0.25, 0.3) is 0 Å². The topological polar surface area (TPSA) is 27.7 Å². The minimum absolute atomic E-state index is 0.767. The third kappa shape index (κ3) is 12.5. The van der Waals surface area contributed by atoms with Crippen LogP contribution in [-0.2, 0) is 29.0 Å². The van der Waals surface area contributed by atoms with E-state index in [2.05, 4.69) is 45.1 Å².